The van der Waals surface area contributed by atoms with Gasteiger partial charge in [0.05, 0.1) is 6.54 Å². The zero-order chi connectivity index (χ0) is 12.7. The lowest BCUT2D eigenvalue weighted by molar-refractivity contribution is -0.141. The number of hydrogen-bond donors (Lipinski definition) is 2. The highest BCUT2D eigenvalue weighted by Gasteiger charge is 2.17. The van der Waals surface area contributed by atoms with Gasteiger partial charge in [-0.25, -0.2) is 9.78 Å². The van der Waals surface area contributed by atoms with Gasteiger partial charge >= 0.3 is 5.97 Å². The number of nitrogens with zero attached hydrogens (tertiary/aromatic N) is 3. The molecular formula is C10H14N4O3. The van der Waals surface area contributed by atoms with Gasteiger partial charge in [-0.1, -0.05) is 6.08 Å². The van der Waals surface area contributed by atoms with Crippen molar-refractivity contribution in [3.8, 4) is 0 Å². The van der Waals surface area contributed by atoms with Crippen LogP contribution in [0.25, 0.3) is 0 Å². The summed E-state index contributed by atoms with van der Waals surface area (Å²) in [6.45, 7) is 3.81. The first-order valence-electron chi connectivity index (χ1n) is 5.09. The first-order chi connectivity index (χ1) is 8.13. The zero-order valence-electron chi connectivity index (χ0n) is 9.24. The number of carboxylic acids is 1. The maximum Gasteiger partial charge on any atom is 0.326 e. The molecule has 1 unspecified atom stereocenters. The lowest BCUT2D eigenvalue weighted by atomic mass is 10.2. The summed E-state index contributed by atoms with van der Waals surface area (Å²) in [4.78, 5) is 26.0. The van der Waals surface area contributed by atoms with Crippen molar-refractivity contribution in [2.45, 2.75) is 25.4 Å². The predicted octanol–water partition coefficient (Wildman–Crippen LogP) is -0.186. The molecule has 1 heterocycles. The number of aryl methyl sites for hydroxylation is 1. The lowest BCUT2D eigenvalue weighted by Crippen LogP contribution is -2.40. The van der Waals surface area contributed by atoms with Crippen molar-refractivity contribution >= 4 is 11.9 Å². The third-order valence-corrected chi connectivity index (χ3v) is 2.07. The van der Waals surface area contributed by atoms with Gasteiger partial charge in [0.25, 0.3) is 0 Å². The van der Waals surface area contributed by atoms with E-state index in [2.05, 4.69) is 22.0 Å². The zero-order valence-corrected chi connectivity index (χ0v) is 9.24. The van der Waals surface area contributed by atoms with Crippen molar-refractivity contribution in [1.82, 2.24) is 20.1 Å². The Bertz CT molecular complexity index is 388. The van der Waals surface area contributed by atoms with Crippen LogP contribution in [-0.2, 0) is 16.1 Å². The molecule has 0 aliphatic carbocycles. The van der Waals surface area contributed by atoms with Gasteiger partial charge in [-0.05, 0) is 6.42 Å². The maximum absolute atomic E-state index is 11.5. The van der Waals surface area contributed by atoms with Gasteiger partial charge in [0.1, 0.15) is 18.7 Å². The number of carboxylic acid groups (broad SMARTS) is 1. The van der Waals surface area contributed by atoms with Gasteiger partial charge in [0, 0.05) is 6.42 Å². The number of aromatic nitrogens is 3. The molecule has 92 valence electrons. The van der Waals surface area contributed by atoms with E-state index in [1.165, 1.54) is 23.4 Å². The lowest BCUT2D eigenvalue weighted by Gasteiger charge is -2.12. The Labute approximate surface area is 98.2 Å². The van der Waals surface area contributed by atoms with Gasteiger partial charge < -0.3 is 10.4 Å². The summed E-state index contributed by atoms with van der Waals surface area (Å²) < 4.78 is 1.50. The fraction of sp³-hybridized carbons (Fsp3) is 0.400. The second-order valence-corrected chi connectivity index (χ2v) is 3.39. The topological polar surface area (TPSA) is 97.1 Å². The fourth-order valence-corrected chi connectivity index (χ4v) is 1.22. The Balaban J connectivity index is 2.37. The molecule has 0 aliphatic heterocycles. The molecule has 0 saturated heterocycles. The van der Waals surface area contributed by atoms with Gasteiger partial charge in [0.15, 0.2) is 0 Å². The van der Waals surface area contributed by atoms with E-state index in [9.17, 15) is 9.59 Å². The summed E-state index contributed by atoms with van der Waals surface area (Å²) in [5.74, 6) is -1.41. The van der Waals surface area contributed by atoms with Gasteiger partial charge in [-0.3, -0.25) is 9.48 Å². The van der Waals surface area contributed by atoms with Gasteiger partial charge in [-0.2, -0.15) is 5.10 Å². The van der Waals surface area contributed by atoms with Crippen molar-refractivity contribution in [1.29, 1.82) is 0 Å². The highest BCUT2D eigenvalue weighted by Crippen LogP contribution is 1.95. The molecule has 1 rings (SSSR count). The fourth-order valence-electron chi connectivity index (χ4n) is 1.22. The molecule has 0 fully saturated rings. The highest BCUT2D eigenvalue weighted by molar-refractivity contribution is 5.83. The number of aliphatic carboxylic acids is 1. The molecule has 0 spiro atoms. The molecule has 1 atom stereocenters. The monoisotopic (exact) mass is 238 g/mol. The van der Waals surface area contributed by atoms with E-state index in [0.717, 1.165) is 0 Å². The van der Waals surface area contributed by atoms with Crippen LogP contribution in [0.1, 0.15) is 12.8 Å². The van der Waals surface area contributed by atoms with Crippen LogP contribution in [0, 0.1) is 0 Å². The van der Waals surface area contributed by atoms with Crippen molar-refractivity contribution in [2.24, 2.45) is 0 Å². The number of carbonyl (C=O) groups is 2. The second-order valence-electron chi connectivity index (χ2n) is 3.39. The molecular weight excluding hydrogens is 224 g/mol. The normalized spacial score (nSPS) is 11.8. The third-order valence-electron chi connectivity index (χ3n) is 2.07. The molecule has 7 heteroatoms. The molecule has 0 aromatic carbocycles. The van der Waals surface area contributed by atoms with Gasteiger partial charge in [0.2, 0.25) is 5.91 Å². The minimum Gasteiger partial charge on any atom is -0.480 e. The minimum atomic E-state index is -1.07. The van der Waals surface area contributed by atoms with E-state index in [0.29, 0.717) is 6.54 Å². The molecule has 2 N–H and O–H groups in total. The quantitative estimate of drug-likeness (QED) is 0.642. The molecule has 0 aliphatic rings. The van der Waals surface area contributed by atoms with E-state index < -0.39 is 12.0 Å². The van der Waals surface area contributed by atoms with Crippen LogP contribution < -0.4 is 5.32 Å². The van der Waals surface area contributed by atoms with Gasteiger partial charge in [-0.15, -0.1) is 6.58 Å². The first kappa shape index (κ1) is 12.9. The average Bonchev–Trinajstić information content (AvgIpc) is 2.78. The number of hydrogen-bond acceptors (Lipinski definition) is 4. The molecule has 0 radical (unpaired) electrons. The highest BCUT2D eigenvalue weighted by atomic mass is 16.4. The summed E-state index contributed by atoms with van der Waals surface area (Å²) in [5, 5.41) is 15.1. The van der Waals surface area contributed by atoms with Crippen LogP contribution in [0.15, 0.2) is 25.3 Å². The Hall–Kier alpha value is -2.18. The number of rotatable bonds is 7. The number of amides is 1. The smallest absolute Gasteiger partial charge is 0.326 e. The van der Waals surface area contributed by atoms with Crippen LogP contribution in [0.2, 0.25) is 0 Å². The number of nitrogens with one attached hydrogen (secondary N) is 1. The van der Waals surface area contributed by atoms with Crippen LogP contribution in [0.4, 0.5) is 0 Å². The van der Waals surface area contributed by atoms with Crippen LogP contribution >= 0.6 is 0 Å². The summed E-state index contributed by atoms with van der Waals surface area (Å²) in [6, 6.07) is -0.921. The first-order valence-corrected chi connectivity index (χ1v) is 5.09. The predicted molar refractivity (Wildman–Crippen MR) is 59.0 cm³/mol. The van der Waals surface area contributed by atoms with E-state index in [-0.39, 0.29) is 18.7 Å². The largest absolute Gasteiger partial charge is 0.480 e. The minimum absolute atomic E-state index is 0.157. The average molecular weight is 238 g/mol. The molecule has 1 aromatic rings. The maximum atomic E-state index is 11.5. The second kappa shape index (κ2) is 6.41. The van der Waals surface area contributed by atoms with E-state index in [1.54, 1.807) is 0 Å². The number of carbonyl (C=O) groups excluding carboxylic acids is 1. The summed E-state index contributed by atoms with van der Waals surface area (Å²) >= 11 is 0. The van der Waals surface area contributed by atoms with Crippen molar-refractivity contribution < 1.29 is 14.7 Å². The van der Waals surface area contributed by atoms with Crippen LogP contribution in [0.5, 0.6) is 0 Å². The summed E-state index contributed by atoms with van der Waals surface area (Å²) in [7, 11) is 0. The molecule has 1 amide bonds. The Morgan fingerprint density at radius 2 is 2.35 bits per heavy atom. The molecule has 1 aromatic heterocycles. The Morgan fingerprint density at radius 1 is 1.59 bits per heavy atom. The molecule has 0 bridgehead atoms. The van der Waals surface area contributed by atoms with Crippen LogP contribution in [-0.4, -0.2) is 37.8 Å². The van der Waals surface area contributed by atoms with E-state index in [1.807, 2.05) is 0 Å². The molecule has 17 heavy (non-hydrogen) atoms. The molecule has 0 saturated carbocycles. The Morgan fingerprint density at radius 3 is 2.88 bits per heavy atom. The summed E-state index contributed by atoms with van der Waals surface area (Å²) in [6.07, 6.45) is 4.67. The van der Waals surface area contributed by atoms with E-state index in [4.69, 9.17) is 5.11 Å². The standard InChI is InChI=1S/C10H14N4O3/c1-2-3-8(10(16)17)13-9(15)4-5-14-7-11-6-12-14/h2,6-8H,1,3-5H2,(H,13,15)(H,16,17). The van der Waals surface area contributed by atoms with Crippen molar-refractivity contribution in [3.63, 3.8) is 0 Å². The van der Waals surface area contributed by atoms with Crippen LogP contribution in [0.3, 0.4) is 0 Å². The van der Waals surface area contributed by atoms with Crippen molar-refractivity contribution in [3.05, 3.63) is 25.3 Å². The molecule has 7 nitrogen and oxygen atoms in total. The third kappa shape index (κ3) is 4.45. The Kier molecular flexibility index (Phi) is 4.86. The van der Waals surface area contributed by atoms with Crippen molar-refractivity contribution in [2.75, 3.05) is 0 Å². The van der Waals surface area contributed by atoms with E-state index >= 15 is 0 Å². The SMILES string of the molecule is C=CCC(NC(=O)CCn1cncn1)C(=O)O. The summed E-state index contributed by atoms with van der Waals surface area (Å²) in [5.41, 5.74) is 0.